The van der Waals surface area contributed by atoms with Gasteiger partial charge in [0.25, 0.3) is 5.91 Å². The van der Waals surface area contributed by atoms with E-state index in [-0.39, 0.29) is 11.8 Å². The van der Waals surface area contributed by atoms with Crippen LogP contribution in [0.25, 0.3) is 11.6 Å². The molecule has 1 aromatic heterocycles. The van der Waals surface area contributed by atoms with Crippen LogP contribution in [0.3, 0.4) is 0 Å². The largest absolute Gasteiger partial charge is 0.361 e. The molecule has 0 bridgehead atoms. The number of H-pyrrole nitrogens is 1. The predicted molar refractivity (Wildman–Crippen MR) is 106 cm³/mol. The molecule has 6 nitrogen and oxygen atoms in total. The standard InChI is InChI=1S/C21H24N4O2/c1-14-13-23-19(12-17-16-4-2-3-5-18(16)24-21(17)27)15(14)6-7-20(26)25-10-8-22-9-11-25/h2-5,12-13,22-23H,6-11H2,1H3,(H,24,27)/b17-12-. The van der Waals surface area contributed by atoms with Gasteiger partial charge in [-0.3, -0.25) is 9.59 Å². The highest BCUT2D eigenvalue weighted by Gasteiger charge is 2.24. The lowest BCUT2D eigenvalue weighted by Crippen LogP contribution is -2.46. The van der Waals surface area contributed by atoms with E-state index in [9.17, 15) is 9.59 Å². The van der Waals surface area contributed by atoms with Gasteiger partial charge in [-0.2, -0.15) is 0 Å². The Labute approximate surface area is 158 Å². The number of aromatic amines is 1. The van der Waals surface area contributed by atoms with Gasteiger partial charge in [-0.25, -0.2) is 0 Å². The smallest absolute Gasteiger partial charge is 0.256 e. The second-order valence-corrected chi connectivity index (χ2v) is 7.05. The Morgan fingerprint density at radius 1 is 1.22 bits per heavy atom. The molecule has 2 aliphatic rings. The Kier molecular flexibility index (Phi) is 4.81. The minimum atomic E-state index is -0.0914. The molecule has 0 unspecified atom stereocenters. The number of aryl methyl sites for hydroxylation is 1. The van der Waals surface area contributed by atoms with E-state index in [1.165, 1.54) is 0 Å². The van der Waals surface area contributed by atoms with Crippen LogP contribution in [0.15, 0.2) is 30.5 Å². The molecule has 2 aliphatic heterocycles. The van der Waals surface area contributed by atoms with Gasteiger partial charge in [-0.05, 0) is 36.6 Å². The van der Waals surface area contributed by atoms with E-state index in [1.54, 1.807) is 0 Å². The summed E-state index contributed by atoms with van der Waals surface area (Å²) in [7, 11) is 0. The van der Waals surface area contributed by atoms with Crippen molar-refractivity contribution in [3.63, 3.8) is 0 Å². The number of nitrogens with zero attached hydrogens (tertiary/aromatic N) is 1. The minimum absolute atomic E-state index is 0.0914. The quantitative estimate of drug-likeness (QED) is 0.728. The lowest BCUT2D eigenvalue weighted by molar-refractivity contribution is -0.131. The van der Waals surface area contributed by atoms with E-state index in [1.807, 2.05) is 48.4 Å². The number of rotatable bonds is 4. The van der Waals surface area contributed by atoms with E-state index in [2.05, 4.69) is 15.6 Å². The normalized spacial score (nSPS) is 17.9. The molecule has 2 amide bonds. The van der Waals surface area contributed by atoms with Crippen molar-refractivity contribution in [2.24, 2.45) is 0 Å². The van der Waals surface area contributed by atoms with Crippen LogP contribution in [0.1, 0.15) is 28.8 Å². The van der Waals surface area contributed by atoms with Gasteiger partial charge in [0.2, 0.25) is 5.91 Å². The van der Waals surface area contributed by atoms with Crippen LogP contribution < -0.4 is 10.6 Å². The molecule has 3 heterocycles. The third-order valence-corrected chi connectivity index (χ3v) is 5.30. The fraction of sp³-hybridized carbons (Fsp3) is 0.333. The number of hydrogen-bond donors (Lipinski definition) is 3. The fourth-order valence-electron chi connectivity index (χ4n) is 3.76. The molecule has 4 rings (SSSR count). The molecule has 1 saturated heterocycles. The average molecular weight is 364 g/mol. The number of fused-ring (bicyclic) bond motifs is 1. The summed E-state index contributed by atoms with van der Waals surface area (Å²) >= 11 is 0. The maximum Gasteiger partial charge on any atom is 0.256 e. The predicted octanol–water partition coefficient (Wildman–Crippen LogP) is 2.18. The molecule has 6 heteroatoms. The molecule has 3 N–H and O–H groups in total. The molecule has 0 atom stereocenters. The third-order valence-electron chi connectivity index (χ3n) is 5.30. The van der Waals surface area contributed by atoms with Crippen LogP contribution >= 0.6 is 0 Å². The molecule has 1 fully saturated rings. The average Bonchev–Trinajstić information content (AvgIpc) is 3.20. The second kappa shape index (κ2) is 7.40. The van der Waals surface area contributed by atoms with Gasteiger partial charge in [-0.15, -0.1) is 0 Å². The molecule has 2 aromatic rings. The SMILES string of the molecule is Cc1c[nH]c(/C=C2\C(=O)Nc3ccccc32)c1CCC(=O)N1CCNCC1. The Bertz CT molecular complexity index is 907. The number of piperazine rings is 1. The van der Waals surface area contributed by atoms with Crippen LogP contribution in [-0.2, 0) is 16.0 Å². The molecule has 0 radical (unpaired) electrons. The van der Waals surface area contributed by atoms with Crippen molar-refractivity contribution in [1.82, 2.24) is 15.2 Å². The molecule has 140 valence electrons. The number of aromatic nitrogens is 1. The maximum atomic E-state index is 12.5. The van der Waals surface area contributed by atoms with Crippen molar-refractivity contribution < 1.29 is 9.59 Å². The Hall–Kier alpha value is -2.86. The summed E-state index contributed by atoms with van der Waals surface area (Å²) in [6, 6.07) is 7.69. The van der Waals surface area contributed by atoms with Crippen LogP contribution in [0.2, 0.25) is 0 Å². The van der Waals surface area contributed by atoms with E-state index in [0.29, 0.717) is 18.4 Å². The van der Waals surface area contributed by atoms with E-state index in [0.717, 1.165) is 54.3 Å². The van der Waals surface area contributed by atoms with Gasteiger partial charge in [-0.1, -0.05) is 18.2 Å². The monoisotopic (exact) mass is 364 g/mol. The van der Waals surface area contributed by atoms with Crippen LogP contribution in [0.5, 0.6) is 0 Å². The first-order valence-electron chi connectivity index (χ1n) is 9.41. The van der Waals surface area contributed by atoms with Crippen molar-refractivity contribution in [1.29, 1.82) is 0 Å². The Morgan fingerprint density at radius 3 is 2.81 bits per heavy atom. The fourth-order valence-corrected chi connectivity index (χ4v) is 3.76. The summed E-state index contributed by atoms with van der Waals surface area (Å²) in [6.45, 7) is 5.31. The first kappa shape index (κ1) is 17.5. The summed E-state index contributed by atoms with van der Waals surface area (Å²) in [5, 5.41) is 6.17. The van der Waals surface area contributed by atoms with Crippen LogP contribution in [0.4, 0.5) is 5.69 Å². The van der Waals surface area contributed by atoms with Crippen molar-refractivity contribution >= 4 is 29.2 Å². The van der Waals surface area contributed by atoms with Crippen molar-refractivity contribution in [2.45, 2.75) is 19.8 Å². The molecule has 0 spiro atoms. The number of para-hydroxylation sites is 1. The van der Waals surface area contributed by atoms with E-state index < -0.39 is 0 Å². The zero-order valence-corrected chi connectivity index (χ0v) is 15.5. The van der Waals surface area contributed by atoms with Crippen molar-refractivity contribution in [3.8, 4) is 0 Å². The first-order valence-corrected chi connectivity index (χ1v) is 9.41. The van der Waals surface area contributed by atoms with Crippen molar-refractivity contribution in [2.75, 3.05) is 31.5 Å². The molecular weight excluding hydrogens is 340 g/mol. The Morgan fingerprint density at radius 2 is 2.00 bits per heavy atom. The molecule has 0 aliphatic carbocycles. The number of carbonyl (C=O) groups excluding carboxylic acids is 2. The number of carbonyl (C=O) groups is 2. The molecule has 0 saturated carbocycles. The number of anilines is 1. The van der Waals surface area contributed by atoms with Gasteiger partial charge < -0.3 is 20.5 Å². The summed E-state index contributed by atoms with van der Waals surface area (Å²) in [5.41, 5.74) is 5.53. The number of hydrogen-bond acceptors (Lipinski definition) is 3. The van der Waals surface area contributed by atoms with Crippen LogP contribution in [-0.4, -0.2) is 47.9 Å². The highest BCUT2D eigenvalue weighted by Crippen LogP contribution is 2.33. The van der Waals surface area contributed by atoms with Gasteiger partial charge in [0, 0.05) is 55.7 Å². The number of nitrogens with one attached hydrogen (secondary N) is 3. The molecule has 1 aromatic carbocycles. The highest BCUT2D eigenvalue weighted by atomic mass is 16.2. The summed E-state index contributed by atoms with van der Waals surface area (Å²) < 4.78 is 0. The zero-order valence-electron chi connectivity index (χ0n) is 15.5. The molecular formula is C21H24N4O2. The topological polar surface area (TPSA) is 77.2 Å². The van der Waals surface area contributed by atoms with Crippen LogP contribution in [0, 0.1) is 6.92 Å². The third kappa shape index (κ3) is 3.53. The first-order chi connectivity index (χ1) is 13.1. The highest BCUT2D eigenvalue weighted by molar-refractivity contribution is 6.34. The Balaban J connectivity index is 1.54. The van der Waals surface area contributed by atoms with E-state index in [4.69, 9.17) is 0 Å². The van der Waals surface area contributed by atoms with Crippen molar-refractivity contribution in [3.05, 3.63) is 52.8 Å². The van der Waals surface area contributed by atoms with Gasteiger partial charge in [0.15, 0.2) is 0 Å². The minimum Gasteiger partial charge on any atom is -0.361 e. The van der Waals surface area contributed by atoms with E-state index >= 15 is 0 Å². The van der Waals surface area contributed by atoms with Gasteiger partial charge in [0.05, 0.1) is 5.57 Å². The number of amides is 2. The maximum absolute atomic E-state index is 12.5. The number of benzene rings is 1. The lowest BCUT2D eigenvalue weighted by Gasteiger charge is -2.27. The second-order valence-electron chi connectivity index (χ2n) is 7.05. The summed E-state index contributed by atoms with van der Waals surface area (Å²) in [4.78, 5) is 30.0. The summed E-state index contributed by atoms with van der Waals surface area (Å²) in [5.74, 6) is 0.103. The van der Waals surface area contributed by atoms with Gasteiger partial charge in [0.1, 0.15) is 0 Å². The lowest BCUT2D eigenvalue weighted by atomic mass is 10.0. The summed E-state index contributed by atoms with van der Waals surface area (Å²) in [6.07, 6.45) is 4.99. The zero-order chi connectivity index (χ0) is 18.8. The molecule has 27 heavy (non-hydrogen) atoms. The van der Waals surface area contributed by atoms with Gasteiger partial charge >= 0.3 is 0 Å².